The molecule has 0 N–H and O–H groups in total. The Kier molecular flexibility index (Phi) is 50.8. The van der Waals surface area contributed by atoms with Crippen LogP contribution in [0.15, 0.2) is 0 Å². The van der Waals surface area contributed by atoms with Gasteiger partial charge in [0.05, 0.1) is 159 Å². The van der Waals surface area contributed by atoms with Gasteiger partial charge in [0.25, 0.3) is 0 Å². The number of hydrogen-bond donors (Lipinski definition) is 0. The zero-order valence-corrected chi connectivity index (χ0v) is 45.9. The number of ether oxygens (including phenoxy) is 12. The third-order valence-electron chi connectivity index (χ3n) is 10.8. The van der Waals surface area contributed by atoms with E-state index in [1.165, 1.54) is 0 Å². The predicted molar refractivity (Wildman–Crippen MR) is 263 cm³/mol. The molecule has 0 amide bonds. The van der Waals surface area contributed by atoms with Gasteiger partial charge in [-0.15, -0.1) is 0 Å². The quantitative estimate of drug-likeness (QED) is 0.0535. The Balaban J connectivity index is 5.50. The Hall–Kier alpha value is -0.616. The summed E-state index contributed by atoms with van der Waals surface area (Å²) in [6.45, 7) is 14.4. The number of Topliss-reactive ketones (excluding diaryl/α,β-unsaturated/α-hetero) is 1. The molecule has 0 rings (SSSR count). The summed E-state index contributed by atoms with van der Waals surface area (Å²) in [7, 11) is 3.54. The van der Waals surface area contributed by atoms with E-state index in [0.717, 1.165) is 64.2 Å². The first-order valence-electron chi connectivity index (χ1n) is 25.1. The molecule has 0 aliphatic rings. The van der Waals surface area contributed by atoms with Crippen molar-refractivity contribution in [3.8, 4) is 0 Å². The van der Waals surface area contributed by atoms with Crippen molar-refractivity contribution in [3.63, 3.8) is 0 Å². The molecule has 21 heteroatoms. The van der Waals surface area contributed by atoms with Gasteiger partial charge < -0.3 is 83.4 Å². The van der Waals surface area contributed by atoms with Crippen LogP contribution in [0.2, 0.25) is 12.1 Å². The summed E-state index contributed by atoms with van der Waals surface area (Å²) in [4.78, 5) is 14.0. The summed E-state index contributed by atoms with van der Waals surface area (Å²) < 4.78 is 103. The minimum Gasteiger partial charge on any atom is -0.382 e. The van der Waals surface area contributed by atoms with Crippen LogP contribution in [0.5, 0.6) is 0 Å². The molecule has 408 valence electrons. The number of methoxy groups -OCH3 is 6. The predicted octanol–water partition coefficient (Wildman–Crippen LogP) is 5.68. The number of ketones is 1. The molecular formula is C47H98O19Si2. The maximum Gasteiger partial charge on any atom is 0.501 e. The minimum atomic E-state index is -3.16. The van der Waals surface area contributed by atoms with Crippen LogP contribution in [0.4, 0.5) is 0 Å². The molecule has 0 aromatic rings. The molecule has 0 spiro atoms. The van der Waals surface area contributed by atoms with Crippen molar-refractivity contribution in [1.29, 1.82) is 0 Å². The summed E-state index contributed by atoms with van der Waals surface area (Å²) >= 11 is 0. The lowest BCUT2D eigenvalue weighted by molar-refractivity contribution is -0.127. The molecule has 0 fully saturated rings. The second-order valence-corrected chi connectivity index (χ2v) is 21.4. The fraction of sp³-hybridized carbons (Fsp3) is 0.979. The van der Waals surface area contributed by atoms with Crippen molar-refractivity contribution in [2.45, 2.75) is 90.1 Å². The Labute approximate surface area is 413 Å². The van der Waals surface area contributed by atoms with Crippen molar-refractivity contribution in [2.75, 3.05) is 201 Å². The maximum absolute atomic E-state index is 14.0. The summed E-state index contributed by atoms with van der Waals surface area (Å²) in [5, 5.41) is 0. The van der Waals surface area contributed by atoms with Crippen molar-refractivity contribution in [3.05, 3.63) is 0 Å². The third-order valence-corrected chi connectivity index (χ3v) is 16.5. The van der Waals surface area contributed by atoms with E-state index in [-0.39, 0.29) is 11.8 Å². The summed E-state index contributed by atoms with van der Waals surface area (Å²) in [5.41, 5.74) is 0. The lowest BCUT2D eigenvalue weighted by Gasteiger charge is -2.30. The highest BCUT2D eigenvalue weighted by atomic mass is 28.4. The van der Waals surface area contributed by atoms with Gasteiger partial charge in [0, 0.05) is 66.6 Å². The van der Waals surface area contributed by atoms with Crippen molar-refractivity contribution in [2.24, 2.45) is 11.8 Å². The lowest BCUT2D eigenvalue weighted by atomic mass is 9.83. The monoisotopic (exact) mass is 1020 g/mol. The molecule has 2 atom stereocenters. The van der Waals surface area contributed by atoms with E-state index in [0.29, 0.717) is 176 Å². The standard InChI is InChI=1S/C47H98O19Si2/c1-9-45(17-13-11-15-43-67(61-37-31-55-25-19-49-3,62-38-32-56-26-20-50-4)63-39-33-57-27-21-51-5)47(48)46(10-2)18-14-12-16-44-68(64-40-34-58-28-22-52-6,65-41-35-59-29-23-53-7)66-42-36-60-30-24-54-8/h45-46H,9-44H2,1-8H3. The molecule has 0 heterocycles. The highest BCUT2D eigenvalue weighted by Crippen LogP contribution is 2.27. The van der Waals surface area contributed by atoms with Crippen LogP contribution in [-0.2, 0) is 88.2 Å². The zero-order valence-electron chi connectivity index (χ0n) is 43.9. The molecule has 0 aliphatic carbocycles. The van der Waals surface area contributed by atoms with E-state index in [4.69, 9.17) is 83.4 Å². The Bertz CT molecular complexity index is 885. The average Bonchev–Trinajstić information content (AvgIpc) is 3.35. The highest BCUT2D eigenvalue weighted by molar-refractivity contribution is 6.61. The van der Waals surface area contributed by atoms with Crippen LogP contribution in [0, 0.1) is 11.8 Å². The molecule has 0 aromatic carbocycles. The molecule has 0 bridgehead atoms. The first kappa shape index (κ1) is 67.4. The van der Waals surface area contributed by atoms with Crippen LogP contribution in [0.25, 0.3) is 0 Å². The average molecular weight is 1020 g/mol. The summed E-state index contributed by atoms with van der Waals surface area (Å²) in [6.07, 6.45) is 8.66. The second-order valence-electron chi connectivity index (χ2n) is 15.9. The van der Waals surface area contributed by atoms with Crippen molar-refractivity contribution in [1.82, 2.24) is 0 Å². The maximum atomic E-state index is 14.0. The number of unbranched alkanes of at least 4 members (excludes halogenated alkanes) is 4. The van der Waals surface area contributed by atoms with Gasteiger partial charge in [0.1, 0.15) is 5.78 Å². The number of carbonyl (C=O) groups excluding carboxylic acids is 1. The minimum absolute atomic E-state index is 0.0158. The van der Waals surface area contributed by atoms with Gasteiger partial charge in [-0.2, -0.15) is 0 Å². The molecule has 0 saturated carbocycles. The van der Waals surface area contributed by atoms with Crippen LogP contribution in [0.1, 0.15) is 78.1 Å². The van der Waals surface area contributed by atoms with Gasteiger partial charge in [0.15, 0.2) is 0 Å². The zero-order chi connectivity index (χ0) is 49.9. The van der Waals surface area contributed by atoms with Gasteiger partial charge >= 0.3 is 17.6 Å². The Morgan fingerprint density at radius 1 is 0.309 bits per heavy atom. The summed E-state index contributed by atoms with van der Waals surface area (Å²) in [6, 6.07) is 1.25. The van der Waals surface area contributed by atoms with E-state index in [2.05, 4.69) is 13.8 Å². The number of carbonyl (C=O) groups is 1. The van der Waals surface area contributed by atoms with E-state index in [1.807, 2.05) is 0 Å². The van der Waals surface area contributed by atoms with Gasteiger partial charge in [-0.1, -0.05) is 39.5 Å². The van der Waals surface area contributed by atoms with Crippen LogP contribution in [0.3, 0.4) is 0 Å². The van der Waals surface area contributed by atoms with E-state index in [1.54, 1.807) is 42.7 Å². The van der Waals surface area contributed by atoms with Gasteiger partial charge in [-0.05, 0) is 38.5 Å². The number of hydrogen-bond acceptors (Lipinski definition) is 19. The Morgan fingerprint density at radius 3 is 0.735 bits per heavy atom. The number of rotatable bonds is 58. The molecular weight excluding hydrogens is 925 g/mol. The summed E-state index contributed by atoms with van der Waals surface area (Å²) in [5.74, 6) is 0.405. The first-order valence-corrected chi connectivity index (χ1v) is 29.0. The normalized spacial score (nSPS) is 13.2. The Morgan fingerprint density at radius 2 is 0.529 bits per heavy atom. The second kappa shape index (κ2) is 51.3. The van der Waals surface area contributed by atoms with Gasteiger partial charge in [0.2, 0.25) is 0 Å². The molecule has 0 saturated heterocycles. The van der Waals surface area contributed by atoms with E-state index >= 15 is 0 Å². The van der Waals surface area contributed by atoms with Crippen LogP contribution >= 0.6 is 0 Å². The van der Waals surface area contributed by atoms with Crippen molar-refractivity contribution < 1.29 is 88.2 Å². The lowest BCUT2D eigenvalue weighted by Crippen LogP contribution is -2.48. The molecule has 2 unspecified atom stereocenters. The molecule has 0 radical (unpaired) electrons. The van der Waals surface area contributed by atoms with Gasteiger partial charge in [-0.25, -0.2) is 0 Å². The molecule has 0 aliphatic heterocycles. The molecule has 0 aromatic heterocycles. The SMILES string of the molecule is CCC(CCCCC[Si](OCCOCCOC)(OCCOCCOC)OCCOCCOC)C(=O)C(CC)CCCCC[Si](OCCOCCOC)(OCCOCCOC)OCCOCCOC. The topological polar surface area (TPSA) is 183 Å². The van der Waals surface area contributed by atoms with E-state index < -0.39 is 17.6 Å². The van der Waals surface area contributed by atoms with Crippen LogP contribution in [-0.4, -0.2) is 225 Å². The highest BCUT2D eigenvalue weighted by Gasteiger charge is 2.42. The van der Waals surface area contributed by atoms with E-state index in [9.17, 15) is 4.79 Å². The molecule has 68 heavy (non-hydrogen) atoms. The third kappa shape index (κ3) is 39.0. The molecule has 19 nitrogen and oxygen atoms in total. The van der Waals surface area contributed by atoms with Gasteiger partial charge in [-0.3, -0.25) is 4.79 Å². The first-order chi connectivity index (χ1) is 33.4. The van der Waals surface area contributed by atoms with Crippen LogP contribution < -0.4 is 0 Å². The largest absolute Gasteiger partial charge is 0.501 e. The smallest absolute Gasteiger partial charge is 0.382 e. The fourth-order valence-corrected chi connectivity index (χ4v) is 12.0. The van der Waals surface area contributed by atoms with Crippen molar-refractivity contribution >= 4 is 23.4 Å². The fourth-order valence-electron chi connectivity index (χ4n) is 6.93.